The Hall–Kier alpha value is -2.15. The Labute approximate surface area is 144 Å². The molecule has 0 saturated carbocycles. The summed E-state index contributed by atoms with van der Waals surface area (Å²) in [4.78, 5) is 4.94. The molecule has 0 amide bonds. The molecule has 2 heteroatoms. The first kappa shape index (κ1) is 15.7. The van der Waals surface area contributed by atoms with Crippen LogP contribution in [0.4, 0.5) is 5.69 Å². The van der Waals surface area contributed by atoms with Gasteiger partial charge in [-0.25, -0.2) is 0 Å². The van der Waals surface area contributed by atoms with Gasteiger partial charge in [-0.05, 0) is 0 Å². The first-order valence-electron chi connectivity index (χ1n) is 7.66. The van der Waals surface area contributed by atoms with E-state index in [0.717, 1.165) is 10.3 Å². The van der Waals surface area contributed by atoms with Gasteiger partial charge in [0.2, 0.25) is 0 Å². The maximum absolute atomic E-state index is 4.94. The van der Waals surface area contributed by atoms with Crippen LogP contribution in [0.25, 0.3) is 0 Å². The Bertz CT molecular complexity index is 788. The molecule has 0 saturated heterocycles. The second kappa shape index (κ2) is 7.41. The molecule has 0 unspecified atom stereocenters. The fourth-order valence-electron chi connectivity index (χ4n) is 2.18. The van der Waals surface area contributed by atoms with Gasteiger partial charge in [0.05, 0.1) is 0 Å². The van der Waals surface area contributed by atoms with Crippen LogP contribution in [-0.2, 0) is 0 Å². The summed E-state index contributed by atoms with van der Waals surface area (Å²) < 4.78 is 2.50. The van der Waals surface area contributed by atoms with Crippen LogP contribution >= 0.6 is 0 Å². The molecule has 3 aromatic rings. The van der Waals surface area contributed by atoms with Crippen LogP contribution in [0.15, 0.2) is 83.9 Å². The predicted molar refractivity (Wildman–Crippen MR) is 100 cm³/mol. The van der Waals surface area contributed by atoms with Crippen LogP contribution in [-0.4, -0.2) is 19.6 Å². The SMILES string of the molecule is Cc1ccc(N=C([Se]c2ccccc2)c2ccc(C)cc2)cc1. The number of nitrogens with zero attached hydrogens (tertiary/aromatic N) is 1. The van der Waals surface area contributed by atoms with Crippen molar-refractivity contribution in [2.75, 3.05) is 0 Å². The van der Waals surface area contributed by atoms with Gasteiger partial charge in [-0.3, -0.25) is 0 Å². The number of hydrogen-bond acceptors (Lipinski definition) is 1. The quantitative estimate of drug-likeness (QED) is 0.480. The minimum atomic E-state index is 0.182. The van der Waals surface area contributed by atoms with E-state index in [1.807, 2.05) is 0 Å². The van der Waals surface area contributed by atoms with Gasteiger partial charge in [0.25, 0.3) is 0 Å². The standard InChI is InChI=1S/C21H19NSe/c1-16-8-12-18(13-9-16)21(23-20-6-4-3-5-7-20)22-19-14-10-17(2)11-15-19/h3-15H,1-2H3. The zero-order chi connectivity index (χ0) is 16.1. The molecule has 0 aromatic heterocycles. The molecular formula is C21H19NSe. The summed E-state index contributed by atoms with van der Waals surface area (Å²) in [6, 6.07) is 27.7. The van der Waals surface area contributed by atoms with E-state index in [1.54, 1.807) is 0 Å². The van der Waals surface area contributed by atoms with Gasteiger partial charge in [0.15, 0.2) is 0 Å². The maximum atomic E-state index is 4.94. The average molecular weight is 364 g/mol. The van der Waals surface area contributed by atoms with Crippen molar-refractivity contribution in [3.05, 3.63) is 95.6 Å². The summed E-state index contributed by atoms with van der Waals surface area (Å²) >= 11 is 0.182. The molecule has 0 bridgehead atoms. The van der Waals surface area contributed by atoms with Crippen LogP contribution in [0, 0.1) is 13.8 Å². The van der Waals surface area contributed by atoms with E-state index in [1.165, 1.54) is 21.2 Å². The Morgan fingerprint density at radius 2 is 1.26 bits per heavy atom. The Kier molecular flexibility index (Phi) is 5.07. The van der Waals surface area contributed by atoms with Crippen LogP contribution < -0.4 is 4.46 Å². The van der Waals surface area contributed by atoms with Gasteiger partial charge in [-0.2, -0.15) is 0 Å². The van der Waals surface area contributed by atoms with Crippen molar-refractivity contribution in [2.45, 2.75) is 13.8 Å². The molecule has 0 heterocycles. The molecule has 3 rings (SSSR count). The van der Waals surface area contributed by atoms with Gasteiger partial charge in [0, 0.05) is 0 Å². The molecule has 0 spiro atoms. The van der Waals surface area contributed by atoms with Crippen molar-refractivity contribution < 1.29 is 0 Å². The van der Waals surface area contributed by atoms with E-state index in [9.17, 15) is 0 Å². The third kappa shape index (κ3) is 4.41. The van der Waals surface area contributed by atoms with Crippen molar-refractivity contribution in [1.82, 2.24) is 0 Å². The van der Waals surface area contributed by atoms with Gasteiger partial charge in [-0.1, -0.05) is 0 Å². The van der Waals surface area contributed by atoms with E-state index in [4.69, 9.17) is 4.99 Å². The topological polar surface area (TPSA) is 12.4 Å². The van der Waals surface area contributed by atoms with Crippen molar-refractivity contribution in [3.63, 3.8) is 0 Å². The summed E-state index contributed by atoms with van der Waals surface area (Å²) in [7, 11) is 0. The number of aliphatic imine (C=N–C) groups is 1. The number of benzene rings is 3. The van der Waals surface area contributed by atoms with E-state index in [-0.39, 0.29) is 15.0 Å². The van der Waals surface area contributed by atoms with Crippen molar-refractivity contribution in [3.8, 4) is 0 Å². The third-order valence-electron chi connectivity index (χ3n) is 3.52. The van der Waals surface area contributed by atoms with Gasteiger partial charge in [-0.15, -0.1) is 0 Å². The number of aryl methyl sites for hydroxylation is 2. The molecule has 0 fully saturated rings. The summed E-state index contributed by atoms with van der Waals surface area (Å²) in [5.74, 6) is 0. The zero-order valence-corrected chi connectivity index (χ0v) is 15.1. The normalized spacial score (nSPS) is 11.5. The Morgan fingerprint density at radius 3 is 1.87 bits per heavy atom. The molecule has 114 valence electrons. The monoisotopic (exact) mass is 365 g/mol. The minimum absolute atomic E-state index is 0.182. The van der Waals surface area contributed by atoms with Crippen LogP contribution in [0.5, 0.6) is 0 Å². The van der Waals surface area contributed by atoms with Crippen LogP contribution in [0.1, 0.15) is 16.7 Å². The molecule has 0 radical (unpaired) electrons. The summed E-state index contributed by atoms with van der Waals surface area (Å²) in [5, 5.41) is 0. The average Bonchev–Trinajstić information content (AvgIpc) is 2.58. The van der Waals surface area contributed by atoms with Gasteiger partial charge >= 0.3 is 144 Å². The second-order valence-electron chi connectivity index (χ2n) is 5.53. The van der Waals surface area contributed by atoms with Gasteiger partial charge < -0.3 is 0 Å². The van der Waals surface area contributed by atoms with Gasteiger partial charge in [0.1, 0.15) is 0 Å². The summed E-state index contributed by atoms with van der Waals surface area (Å²) in [6.45, 7) is 4.21. The zero-order valence-electron chi connectivity index (χ0n) is 13.4. The summed E-state index contributed by atoms with van der Waals surface area (Å²) in [6.07, 6.45) is 0. The first-order valence-corrected chi connectivity index (χ1v) is 9.37. The molecule has 0 atom stereocenters. The van der Waals surface area contributed by atoms with E-state index < -0.39 is 0 Å². The van der Waals surface area contributed by atoms with Crippen LogP contribution in [0.2, 0.25) is 0 Å². The molecule has 1 nitrogen and oxygen atoms in total. The Morgan fingerprint density at radius 1 is 0.696 bits per heavy atom. The molecule has 0 aliphatic carbocycles. The molecule has 0 aliphatic rings. The van der Waals surface area contributed by atoms with E-state index >= 15 is 0 Å². The second-order valence-corrected chi connectivity index (χ2v) is 7.76. The van der Waals surface area contributed by atoms with Crippen LogP contribution in [0.3, 0.4) is 0 Å². The fourth-order valence-corrected chi connectivity index (χ4v) is 4.11. The van der Waals surface area contributed by atoms with Crippen molar-refractivity contribution >= 4 is 29.7 Å². The third-order valence-corrected chi connectivity index (χ3v) is 5.68. The molecular weight excluding hydrogens is 345 g/mol. The number of hydrogen-bond donors (Lipinski definition) is 0. The Balaban J connectivity index is 1.98. The van der Waals surface area contributed by atoms with E-state index in [2.05, 4.69) is 92.7 Å². The summed E-state index contributed by atoms with van der Waals surface area (Å²) in [5.41, 5.74) is 4.76. The van der Waals surface area contributed by atoms with Crippen molar-refractivity contribution in [2.24, 2.45) is 4.99 Å². The molecule has 0 N–H and O–H groups in total. The number of rotatable bonds is 4. The van der Waals surface area contributed by atoms with Crippen molar-refractivity contribution in [1.29, 1.82) is 0 Å². The fraction of sp³-hybridized carbons (Fsp3) is 0.0952. The molecule has 0 aliphatic heterocycles. The molecule has 23 heavy (non-hydrogen) atoms. The predicted octanol–water partition coefficient (Wildman–Crippen LogP) is 4.41. The first-order chi connectivity index (χ1) is 11.2. The van der Waals surface area contributed by atoms with E-state index in [0.29, 0.717) is 0 Å². The molecule has 3 aromatic carbocycles.